The van der Waals surface area contributed by atoms with Crippen molar-refractivity contribution in [3.05, 3.63) is 59.2 Å². The minimum atomic E-state index is -3.75. The Balaban J connectivity index is 1.62. The third-order valence-corrected chi connectivity index (χ3v) is 5.19. The molecule has 0 radical (unpaired) electrons. The summed E-state index contributed by atoms with van der Waals surface area (Å²) in [6.45, 7) is 5.00. The van der Waals surface area contributed by atoms with Gasteiger partial charge in [0.25, 0.3) is 5.91 Å². The second-order valence-corrected chi connectivity index (χ2v) is 7.80. The molecule has 2 aromatic rings. The Bertz CT molecular complexity index is 881. The predicted molar refractivity (Wildman–Crippen MR) is 94.1 cm³/mol. The molecule has 1 amide bonds. The molecule has 1 aliphatic rings. The molecular formula is C18H20N2O4S. The summed E-state index contributed by atoms with van der Waals surface area (Å²) in [5.41, 5.74) is 2.57. The Labute approximate surface area is 147 Å². The van der Waals surface area contributed by atoms with Gasteiger partial charge in [0.2, 0.25) is 10.0 Å². The van der Waals surface area contributed by atoms with Crippen LogP contribution in [0.5, 0.6) is 5.75 Å². The number of rotatable bonds is 4. The largest absolute Gasteiger partial charge is 0.486 e. The summed E-state index contributed by atoms with van der Waals surface area (Å²) < 4.78 is 28.5. The van der Waals surface area contributed by atoms with Crippen LogP contribution in [0.4, 0.5) is 0 Å². The van der Waals surface area contributed by atoms with Gasteiger partial charge in [-0.15, -0.1) is 0 Å². The molecule has 0 atom stereocenters. The SMILES string of the molecule is Cc1cccc(C)c1OC1CN(C(=O)c2ccc(S(N)(=O)=O)cc2)C1. The first-order valence-corrected chi connectivity index (χ1v) is 9.45. The van der Waals surface area contributed by atoms with Crippen molar-refractivity contribution in [2.75, 3.05) is 13.1 Å². The van der Waals surface area contributed by atoms with E-state index in [1.165, 1.54) is 24.3 Å². The number of sulfonamides is 1. The maximum Gasteiger partial charge on any atom is 0.254 e. The number of nitrogens with two attached hydrogens (primary N) is 1. The van der Waals surface area contributed by atoms with E-state index in [0.29, 0.717) is 18.7 Å². The van der Waals surface area contributed by atoms with Crippen LogP contribution in [0, 0.1) is 13.8 Å². The van der Waals surface area contributed by atoms with Crippen LogP contribution in [0.25, 0.3) is 0 Å². The summed E-state index contributed by atoms with van der Waals surface area (Å²) >= 11 is 0. The van der Waals surface area contributed by atoms with Crippen molar-refractivity contribution in [2.45, 2.75) is 24.8 Å². The van der Waals surface area contributed by atoms with Crippen LogP contribution in [0.2, 0.25) is 0 Å². The highest BCUT2D eigenvalue weighted by Crippen LogP contribution is 2.26. The fourth-order valence-electron chi connectivity index (χ4n) is 2.80. The van der Waals surface area contributed by atoms with Crippen molar-refractivity contribution in [3.63, 3.8) is 0 Å². The molecule has 2 aromatic carbocycles. The maximum atomic E-state index is 12.4. The van der Waals surface area contributed by atoms with Gasteiger partial charge in [-0.2, -0.15) is 0 Å². The second-order valence-electron chi connectivity index (χ2n) is 6.24. The molecular weight excluding hydrogens is 340 g/mol. The lowest BCUT2D eigenvalue weighted by Crippen LogP contribution is -2.56. The van der Waals surface area contributed by atoms with Crippen molar-refractivity contribution < 1.29 is 17.9 Å². The predicted octanol–water partition coefficient (Wildman–Crippen LogP) is 1.85. The van der Waals surface area contributed by atoms with Gasteiger partial charge >= 0.3 is 0 Å². The van der Waals surface area contributed by atoms with Crippen LogP contribution in [-0.4, -0.2) is 38.4 Å². The molecule has 132 valence electrons. The molecule has 0 bridgehead atoms. The van der Waals surface area contributed by atoms with E-state index in [1.54, 1.807) is 4.90 Å². The first-order valence-electron chi connectivity index (χ1n) is 7.91. The van der Waals surface area contributed by atoms with E-state index < -0.39 is 10.0 Å². The Morgan fingerprint density at radius 2 is 1.64 bits per heavy atom. The molecule has 0 aromatic heterocycles. The molecule has 1 aliphatic heterocycles. The lowest BCUT2D eigenvalue weighted by atomic mass is 10.1. The molecule has 25 heavy (non-hydrogen) atoms. The molecule has 1 heterocycles. The van der Waals surface area contributed by atoms with Crippen molar-refractivity contribution >= 4 is 15.9 Å². The molecule has 0 saturated carbocycles. The minimum Gasteiger partial charge on any atom is -0.486 e. The number of aryl methyl sites for hydroxylation is 2. The third-order valence-electron chi connectivity index (χ3n) is 4.26. The lowest BCUT2D eigenvalue weighted by molar-refractivity contribution is 0.0173. The number of likely N-dealkylation sites (tertiary alicyclic amines) is 1. The highest BCUT2D eigenvalue weighted by Gasteiger charge is 2.33. The van der Waals surface area contributed by atoms with E-state index in [1.807, 2.05) is 32.0 Å². The zero-order valence-electron chi connectivity index (χ0n) is 14.1. The fraction of sp³-hybridized carbons (Fsp3) is 0.278. The summed E-state index contributed by atoms with van der Waals surface area (Å²) in [5, 5.41) is 5.06. The van der Waals surface area contributed by atoms with Crippen molar-refractivity contribution in [2.24, 2.45) is 5.14 Å². The number of hydrogen-bond acceptors (Lipinski definition) is 4. The van der Waals surface area contributed by atoms with Gasteiger partial charge in [0.1, 0.15) is 11.9 Å². The maximum absolute atomic E-state index is 12.4. The number of amides is 1. The number of primary sulfonamides is 1. The number of benzene rings is 2. The quantitative estimate of drug-likeness (QED) is 0.901. The van der Waals surface area contributed by atoms with Crippen LogP contribution in [0.3, 0.4) is 0 Å². The van der Waals surface area contributed by atoms with Crippen molar-refractivity contribution in [1.82, 2.24) is 4.90 Å². The van der Waals surface area contributed by atoms with Gasteiger partial charge in [-0.1, -0.05) is 18.2 Å². The highest BCUT2D eigenvalue weighted by atomic mass is 32.2. The van der Waals surface area contributed by atoms with Gasteiger partial charge in [-0.25, -0.2) is 13.6 Å². The Hall–Kier alpha value is -2.38. The summed E-state index contributed by atoms with van der Waals surface area (Å²) in [7, 11) is -3.75. The van der Waals surface area contributed by atoms with Crippen LogP contribution in [0.15, 0.2) is 47.4 Å². The van der Waals surface area contributed by atoms with Gasteiger partial charge in [0, 0.05) is 5.56 Å². The molecule has 7 heteroatoms. The number of carbonyl (C=O) groups is 1. The summed E-state index contributed by atoms with van der Waals surface area (Å²) in [4.78, 5) is 14.1. The standard InChI is InChI=1S/C18H20N2O4S/c1-12-4-3-5-13(2)17(12)24-15-10-20(11-15)18(21)14-6-8-16(9-7-14)25(19,22)23/h3-9,15H,10-11H2,1-2H3,(H2,19,22,23). The van der Waals surface area contributed by atoms with E-state index in [4.69, 9.17) is 9.88 Å². The molecule has 1 saturated heterocycles. The van der Waals surface area contributed by atoms with Gasteiger partial charge in [-0.05, 0) is 49.2 Å². The van der Waals surface area contributed by atoms with E-state index >= 15 is 0 Å². The smallest absolute Gasteiger partial charge is 0.254 e. The van der Waals surface area contributed by atoms with Gasteiger partial charge in [0.05, 0.1) is 18.0 Å². The minimum absolute atomic E-state index is 0.0103. The van der Waals surface area contributed by atoms with Crippen molar-refractivity contribution in [3.8, 4) is 5.75 Å². The van der Waals surface area contributed by atoms with Crippen LogP contribution >= 0.6 is 0 Å². The average molecular weight is 360 g/mol. The van der Waals surface area contributed by atoms with E-state index in [-0.39, 0.29) is 16.9 Å². The Morgan fingerprint density at radius 1 is 1.08 bits per heavy atom. The third kappa shape index (κ3) is 3.67. The number of hydrogen-bond donors (Lipinski definition) is 1. The monoisotopic (exact) mass is 360 g/mol. The van der Waals surface area contributed by atoms with E-state index in [0.717, 1.165) is 16.9 Å². The second kappa shape index (κ2) is 6.50. The van der Waals surface area contributed by atoms with Crippen LogP contribution in [-0.2, 0) is 10.0 Å². The van der Waals surface area contributed by atoms with Gasteiger partial charge in [0.15, 0.2) is 0 Å². The van der Waals surface area contributed by atoms with Gasteiger partial charge in [-0.3, -0.25) is 4.79 Å². The molecule has 0 unspecified atom stereocenters. The average Bonchev–Trinajstić information content (AvgIpc) is 2.51. The summed E-state index contributed by atoms with van der Waals surface area (Å²) in [6, 6.07) is 11.6. The molecule has 2 N–H and O–H groups in total. The number of carbonyl (C=O) groups excluding carboxylic acids is 1. The molecule has 1 fully saturated rings. The summed E-state index contributed by atoms with van der Waals surface area (Å²) in [6.07, 6.45) is -0.0348. The Morgan fingerprint density at radius 3 is 2.16 bits per heavy atom. The number of ether oxygens (including phenoxy) is 1. The first kappa shape index (κ1) is 17.4. The topological polar surface area (TPSA) is 89.7 Å². The molecule has 3 rings (SSSR count). The van der Waals surface area contributed by atoms with Crippen LogP contribution in [0.1, 0.15) is 21.5 Å². The molecule has 0 aliphatic carbocycles. The molecule has 0 spiro atoms. The molecule has 6 nitrogen and oxygen atoms in total. The van der Waals surface area contributed by atoms with Crippen molar-refractivity contribution in [1.29, 1.82) is 0 Å². The number of para-hydroxylation sites is 1. The normalized spacial score (nSPS) is 14.9. The van der Waals surface area contributed by atoms with Crippen LogP contribution < -0.4 is 9.88 Å². The van der Waals surface area contributed by atoms with E-state index in [9.17, 15) is 13.2 Å². The fourth-order valence-corrected chi connectivity index (χ4v) is 3.32. The first-order chi connectivity index (χ1) is 11.8. The highest BCUT2D eigenvalue weighted by molar-refractivity contribution is 7.89. The number of nitrogens with zero attached hydrogens (tertiary/aromatic N) is 1. The lowest BCUT2D eigenvalue weighted by Gasteiger charge is -2.39. The zero-order valence-corrected chi connectivity index (χ0v) is 14.9. The zero-order chi connectivity index (χ0) is 18.2. The van der Waals surface area contributed by atoms with Gasteiger partial charge < -0.3 is 9.64 Å². The summed E-state index contributed by atoms with van der Waals surface area (Å²) in [5.74, 6) is 0.722. The van der Waals surface area contributed by atoms with E-state index in [2.05, 4.69) is 0 Å². The Kier molecular flexibility index (Phi) is 4.53.